The van der Waals surface area contributed by atoms with Crippen molar-refractivity contribution in [3.8, 4) is 11.3 Å². The summed E-state index contributed by atoms with van der Waals surface area (Å²) in [5, 5.41) is 6.97. The number of carbonyl (C=O) groups excluding carboxylic acids is 1. The fourth-order valence-corrected chi connectivity index (χ4v) is 4.06. The van der Waals surface area contributed by atoms with Crippen molar-refractivity contribution in [1.82, 2.24) is 10.4 Å². The van der Waals surface area contributed by atoms with Crippen molar-refractivity contribution in [3.63, 3.8) is 0 Å². The molecular formula is C25H23N3OS. The minimum Gasteiger partial charge on any atom is -0.267 e. The Morgan fingerprint density at radius 3 is 2.57 bits per heavy atom. The molecule has 0 saturated carbocycles. The van der Waals surface area contributed by atoms with E-state index in [1.807, 2.05) is 48.7 Å². The van der Waals surface area contributed by atoms with Gasteiger partial charge in [-0.05, 0) is 47.5 Å². The van der Waals surface area contributed by atoms with Crippen LogP contribution in [0.25, 0.3) is 22.2 Å². The van der Waals surface area contributed by atoms with Gasteiger partial charge in [0.25, 0.3) is 5.91 Å². The Bertz CT molecular complexity index is 1220. The number of amides is 1. The van der Waals surface area contributed by atoms with Crippen LogP contribution in [-0.4, -0.2) is 17.1 Å². The van der Waals surface area contributed by atoms with Gasteiger partial charge in [-0.3, -0.25) is 4.79 Å². The Morgan fingerprint density at radius 1 is 1.10 bits per heavy atom. The van der Waals surface area contributed by atoms with E-state index in [0.717, 1.165) is 32.6 Å². The van der Waals surface area contributed by atoms with Gasteiger partial charge in [0, 0.05) is 15.8 Å². The van der Waals surface area contributed by atoms with Crippen molar-refractivity contribution in [2.45, 2.75) is 26.7 Å². The summed E-state index contributed by atoms with van der Waals surface area (Å²) in [7, 11) is 0. The highest BCUT2D eigenvalue weighted by Gasteiger charge is 2.14. The molecule has 4 nitrogen and oxygen atoms in total. The molecular weight excluding hydrogens is 390 g/mol. The van der Waals surface area contributed by atoms with E-state index in [0.29, 0.717) is 11.5 Å². The van der Waals surface area contributed by atoms with Crippen LogP contribution >= 0.6 is 11.3 Å². The third-order valence-electron chi connectivity index (χ3n) is 5.08. The van der Waals surface area contributed by atoms with E-state index in [-0.39, 0.29) is 5.91 Å². The van der Waals surface area contributed by atoms with E-state index in [1.54, 1.807) is 17.6 Å². The fraction of sp³-hybridized carbons (Fsp3) is 0.160. The molecule has 2 aromatic carbocycles. The molecule has 0 aliphatic heterocycles. The van der Waals surface area contributed by atoms with Crippen LogP contribution in [0.1, 0.15) is 46.1 Å². The molecule has 1 amide bonds. The highest BCUT2D eigenvalue weighted by atomic mass is 32.1. The zero-order valence-corrected chi connectivity index (χ0v) is 18.0. The maximum absolute atomic E-state index is 12.9. The molecule has 0 aliphatic rings. The zero-order valence-electron chi connectivity index (χ0n) is 17.2. The number of rotatable bonds is 5. The number of para-hydroxylation sites is 1. The highest BCUT2D eigenvalue weighted by Crippen LogP contribution is 2.26. The summed E-state index contributed by atoms with van der Waals surface area (Å²) in [6.45, 7) is 6.36. The Morgan fingerprint density at radius 2 is 1.87 bits per heavy atom. The Kier molecular flexibility index (Phi) is 5.72. The second-order valence-electron chi connectivity index (χ2n) is 7.52. The molecule has 30 heavy (non-hydrogen) atoms. The summed E-state index contributed by atoms with van der Waals surface area (Å²) in [4.78, 5) is 18.8. The second-order valence-corrected chi connectivity index (χ2v) is 8.46. The maximum atomic E-state index is 12.9. The lowest BCUT2D eigenvalue weighted by atomic mass is 9.99. The molecule has 0 spiro atoms. The van der Waals surface area contributed by atoms with Gasteiger partial charge in [-0.1, -0.05) is 56.3 Å². The van der Waals surface area contributed by atoms with E-state index in [2.05, 4.69) is 48.6 Å². The fourth-order valence-electron chi connectivity index (χ4n) is 3.28. The predicted octanol–water partition coefficient (Wildman–Crippen LogP) is 6.16. The Labute approximate surface area is 180 Å². The van der Waals surface area contributed by atoms with Crippen LogP contribution in [0.15, 0.2) is 71.1 Å². The van der Waals surface area contributed by atoms with E-state index in [4.69, 9.17) is 4.98 Å². The first-order valence-corrected chi connectivity index (χ1v) is 10.8. The van der Waals surface area contributed by atoms with Gasteiger partial charge in [0.2, 0.25) is 0 Å². The summed E-state index contributed by atoms with van der Waals surface area (Å²) in [6, 6.07) is 19.9. The summed E-state index contributed by atoms with van der Waals surface area (Å²) in [5.41, 5.74) is 8.18. The largest absolute Gasteiger partial charge is 0.272 e. The van der Waals surface area contributed by atoms with Crippen LogP contribution in [0.3, 0.4) is 0 Å². The van der Waals surface area contributed by atoms with E-state index in [9.17, 15) is 4.79 Å². The first-order valence-electron chi connectivity index (χ1n) is 9.90. The standard InChI is InChI=1S/C25H23N3OS/c1-16(2)18-8-10-19(11-9-18)23-14-21(20-6-4-5-7-22(20)27-23)25(29)28-26-15-24-17(3)12-13-30-24/h4-16H,1-3H3,(H,28,29). The van der Waals surface area contributed by atoms with Gasteiger partial charge in [-0.15, -0.1) is 11.3 Å². The summed E-state index contributed by atoms with van der Waals surface area (Å²) >= 11 is 1.59. The van der Waals surface area contributed by atoms with Crippen LogP contribution < -0.4 is 5.43 Å². The number of hydrogen-bond acceptors (Lipinski definition) is 4. The number of thiophene rings is 1. The van der Waals surface area contributed by atoms with Gasteiger partial charge in [0.05, 0.1) is 23.0 Å². The molecule has 5 heteroatoms. The van der Waals surface area contributed by atoms with Crippen LogP contribution in [0.4, 0.5) is 0 Å². The molecule has 0 aliphatic carbocycles. The lowest BCUT2D eigenvalue weighted by Crippen LogP contribution is -2.18. The summed E-state index contributed by atoms with van der Waals surface area (Å²) < 4.78 is 0. The topological polar surface area (TPSA) is 54.4 Å². The van der Waals surface area contributed by atoms with Gasteiger partial charge in [-0.25, -0.2) is 10.4 Å². The van der Waals surface area contributed by atoms with Crippen molar-refractivity contribution in [2.75, 3.05) is 0 Å². The number of fused-ring (bicyclic) bond motifs is 1. The van der Waals surface area contributed by atoms with Crippen LogP contribution in [-0.2, 0) is 0 Å². The number of carbonyl (C=O) groups is 1. The first kappa shape index (κ1) is 20.0. The van der Waals surface area contributed by atoms with Gasteiger partial charge >= 0.3 is 0 Å². The molecule has 2 aromatic heterocycles. The summed E-state index contributed by atoms with van der Waals surface area (Å²) in [5.74, 6) is 0.217. The van der Waals surface area contributed by atoms with Crippen LogP contribution in [0.5, 0.6) is 0 Å². The lowest BCUT2D eigenvalue weighted by Gasteiger charge is -2.10. The SMILES string of the molecule is Cc1ccsc1C=NNC(=O)c1cc(-c2ccc(C(C)C)cc2)nc2ccccc12. The molecule has 2 heterocycles. The molecule has 0 radical (unpaired) electrons. The van der Waals surface area contributed by atoms with Crippen LogP contribution in [0, 0.1) is 6.92 Å². The number of benzene rings is 2. The summed E-state index contributed by atoms with van der Waals surface area (Å²) in [6.07, 6.45) is 1.69. The smallest absolute Gasteiger partial charge is 0.267 e. The molecule has 0 unspecified atom stereocenters. The Balaban J connectivity index is 1.68. The minimum atomic E-state index is -0.251. The molecule has 4 rings (SSSR count). The molecule has 150 valence electrons. The highest BCUT2D eigenvalue weighted by molar-refractivity contribution is 7.11. The number of aryl methyl sites for hydroxylation is 1. The van der Waals surface area contributed by atoms with E-state index in [1.165, 1.54) is 5.56 Å². The zero-order chi connectivity index (χ0) is 21.1. The normalized spacial score (nSPS) is 11.5. The third-order valence-corrected chi connectivity index (χ3v) is 6.04. The van der Waals surface area contributed by atoms with Crippen molar-refractivity contribution in [3.05, 3.63) is 87.6 Å². The molecule has 0 saturated heterocycles. The van der Waals surface area contributed by atoms with Crippen molar-refractivity contribution < 1.29 is 4.79 Å². The monoisotopic (exact) mass is 413 g/mol. The maximum Gasteiger partial charge on any atom is 0.272 e. The number of pyridine rings is 1. The molecule has 0 fully saturated rings. The van der Waals surface area contributed by atoms with Crippen molar-refractivity contribution in [1.29, 1.82) is 0 Å². The molecule has 1 N–H and O–H groups in total. The molecule has 4 aromatic rings. The number of nitrogens with zero attached hydrogens (tertiary/aromatic N) is 2. The van der Waals surface area contributed by atoms with Gasteiger partial charge in [0.15, 0.2) is 0 Å². The van der Waals surface area contributed by atoms with Gasteiger partial charge in [0.1, 0.15) is 0 Å². The van der Waals surface area contributed by atoms with E-state index >= 15 is 0 Å². The van der Waals surface area contributed by atoms with Gasteiger partial charge in [-0.2, -0.15) is 5.10 Å². The quantitative estimate of drug-likeness (QED) is 0.315. The number of hydrogen-bond donors (Lipinski definition) is 1. The second kappa shape index (κ2) is 8.59. The first-order chi connectivity index (χ1) is 14.5. The Hall–Kier alpha value is -3.31. The number of hydrazone groups is 1. The minimum absolute atomic E-state index is 0.251. The number of nitrogens with one attached hydrogen (secondary N) is 1. The average molecular weight is 414 g/mol. The van der Waals surface area contributed by atoms with Crippen molar-refractivity contribution >= 4 is 34.4 Å². The molecule has 0 bridgehead atoms. The third kappa shape index (κ3) is 4.16. The molecule has 0 atom stereocenters. The van der Waals surface area contributed by atoms with Crippen LogP contribution in [0.2, 0.25) is 0 Å². The average Bonchev–Trinajstić information content (AvgIpc) is 3.17. The van der Waals surface area contributed by atoms with Crippen molar-refractivity contribution in [2.24, 2.45) is 5.10 Å². The number of aromatic nitrogens is 1. The lowest BCUT2D eigenvalue weighted by molar-refractivity contribution is 0.0956. The predicted molar refractivity (Wildman–Crippen MR) is 125 cm³/mol. The van der Waals surface area contributed by atoms with E-state index < -0.39 is 0 Å². The van der Waals surface area contributed by atoms with Gasteiger partial charge < -0.3 is 0 Å².